The molecule has 2 fully saturated rings. The molecule has 4 rings (SSSR count). The molecule has 2 aliphatic heterocycles. The van der Waals surface area contributed by atoms with Gasteiger partial charge in [-0.3, -0.25) is 4.79 Å². The van der Waals surface area contributed by atoms with Crippen LogP contribution in [0.15, 0.2) is 27.4 Å². The Morgan fingerprint density at radius 2 is 2.40 bits per heavy atom. The van der Waals surface area contributed by atoms with Gasteiger partial charge in [-0.05, 0) is 40.9 Å². The number of hydrogen-bond donors (Lipinski definition) is 1. The molecule has 5 nitrogen and oxygen atoms in total. The molecule has 0 radical (unpaired) electrons. The van der Waals surface area contributed by atoms with E-state index in [0.29, 0.717) is 17.2 Å². The van der Waals surface area contributed by atoms with Crippen LogP contribution in [-0.4, -0.2) is 41.5 Å². The van der Waals surface area contributed by atoms with E-state index in [-0.39, 0.29) is 11.9 Å². The maximum Gasteiger partial charge on any atom is 0.270 e. The lowest BCUT2D eigenvalue weighted by molar-refractivity contribution is 0.0919. The molecule has 2 aromatic heterocycles. The minimum atomic E-state index is -0.0984. The van der Waals surface area contributed by atoms with Gasteiger partial charge in [0, 0.05) is 24.5 Å². The molecule has 2 aliphatic rings. The van der Waals surface area contributed by atoms with Crippen LogP contribution < -0.4 is 5.32 Å². The topological polar surface area (TPSA) is 58.4 Å². The van der Waals surface area contributed by atoms with Gasteiger partial charge in [0.05, 0.1) is 10.7 Å². The summed E-state index contributed by atoms with van der Waals surface area (Å²) in [5, 5.41) is 3.99. The normalized spacial score (nSPS) is 28.1. The van der Waals surface area contributed by atoms with E-state index in [1.165, 1.54) is 13.0 Å². The van der Waals surface area contributed by atoms with E-state index in [4.69, 9.17) is 4.42 Å². The number of fused-ring (bicyclic) bond motifs is 3. The molecule has 0 spiro atoms. The first kappa shape index (κ1) is 12.3. The average molecular weight is 336 g/mol. The van der Waals surface area contributed by atoms with Crippen molar-refractivity contribution in [2.75, 3.05) is 19.6 Å². The van der Waals surface area contributed by atoms with Crippen LogP contribution in [-0.2, 0) is 0 Å². The van der Waals surface area contributed by atoms with E-state index < -0.39 is 0 Å². The highest BCUT2D eigenvalue weighted by atomic mass is 79.9. The van der Waals surface area contributed by atoms with Gasteiger partial charge in [0.15, 0.2) is 5.58 Å². The van der Waals surface area contributed by atoms with Gasteiger partial charge >= 0.3 is 0 Å². The zero-order valence-corrected chi connectivity index (χ0v) is 12.4. The standard InChI is InChI=1S/C14H14BrN3O2/c15-10-7-20-13-4-16-11(3-9(10)13)14(19)17-12-6-18-2-1-8(12)5-18/h3-4,7-8,12H,1-2,5-6H2,(H,17,19)/t8-,12?/m0/s1. The zero-order valence-electron chi connectivity index (χ0n) is 10.8. The molecule has 3 atom stereocenters. The van der Waals surface area contributed by atoms with Gasteiger partial charge in [-0.1, -0.05) is 0 Å². The summed E-state index contributed by atoms with van der Waals surface area (Å²) in [5.74, 6) is 0.502. The maximum atomic E-state index is 12.3. The molecular formula is C14H14BrN3O2. The lowest BCUT2D eigenvalue weighted by Gasteiger charge is -2.22. The summed E-state index contributed by atoms with van der Waals surface area (Å²) >= 11 is 3.40. The number of carbonyl (C=O) groups excluding carboxylic acids is 1. The highest BCUT2D eigenvalue weighted by molar-refractivity contribution is 9.10. The molecule has 0 aromatic carbocycles. The number of halogens is 1. The molecule has 0 saturated carbocycles. The fourth-order valence-electron chi connectivity index (χ4n) is 3.22. The predicted octanol–water partition coefficient (Wildman–Crippen LogP) is 2.02. The Labute approximate surface area is 124 Å². The minimum absolute atomic E-state index is 0.0984. The molecule has 4 heterocycles. The van der Waals surface area contributed by atoms with Crippen molar-refractivity contribution < 1.29 is 9.21 Å². The quantitative estimate of drug-likeness (QED) is 0.912. The fraction of sp³-hybridized carbons (Fsp3) is 0.429. The second-order valence-corrected chi connectivity index (χ2v) is 6.39. The van der Waals surface area contributed by atoms with Crippen molar-refractivity contribution in [3.8, 4) is 0 Å². The van der Waals surface area contributed by atoms with E-state index in [1.807, 2.05) is 0 Å². The number of carbonyl (C=O) groups is 1. The van der Waals surface area contributed by atoms with Crippen LogP contribution >= 0.6 is 15.9 Å². The van der Waals surface area contributed by atoms with Crippen LogP contribution in [0.1, 0.15) is 16.9 Å². The number of amides is 1. The number of pyridine rings is 1. The van der Waals surface area contributed by atoms with Crippen LogP contribution in [0, 0.1) is 5.92 Å². The minimum Gasteiger partial charge on any atom is -0.461 e. The number of hydrogen-bond acceptors (Lipinski definition) is 4. The molecule has 2 unspecified atom stereocenters. The molecule has 0 aliphatic carbocycles. The Morgan fingerprint density at radius 1 is 1.50 bits per heavy atom. The van der Waals surface area contributed by atoms with Crippen molar-refractivity contribution >= 4 is 32.8 Å². The monoisotopic (exact) mass is 335 g/mol. The van der Waals surface area contributed by atoms with Crippen LogP contribution in [0.2, 0.25) is 0 Å². The Balaban J connectivity index is 1.56. The number of furan rings is 1. The molecule has 1 amide bonds. The number of aromatic nitrogens is 1. The molecule has 20 heavy (non-hydrogen) atoms. The number of piperidine rings is 1. The first-order chi connectivity index (χ1) is 9.70. The third-order valence-electron chi connectivity index (χ3n) is 4.30. The molecule has 1 N–H and O–H groups in total. The van der Waals surface area contributed by atoms with Gasteiger partial charge in [-0.2, -0.15) is 0 Å². The van der Waals surface area contributed by atoms with Crippen molar-refractivity contribution in [3.05, 3.63) is 28.7 Å². The summed E-state index contributed by atoms with van der Waals surface area (Å²) in [4.78, 5) is 18.9. The summed E-state index contributed by atoms with van der Waals surface area (Å²) in [7, 11) is 0. The van der Waals surface area contributed by atoms with Crippen LogP contribution in [0.4, 0.5) is 0 Å². The van der Waals surface area contributed by atoms with Gasteiger partial charge < -0.3 is 14.6 Å². The predicted molar refractivity (Wildman–Crippen MR) is 77.5 cm³/mol. The van der Waals surface area contributed by atoms with E-state index >= 15 is 0 Å². The first-order valence-electron chi connectivity index (χ1n) is 6.76. The summed E-state index contributed by atoms with van der Waals surface area (Å²) in [6.45, 7) is 3.25. The van der Waals surface area contributed by atoms with Crippen LogP contribution in [0.25, 0.3) is 11.0 Å². The van der Waals surface area contributed by atoms with Gasteiger partial charge in [0.25, 0.3) is 5.91 Å². The Bertz CT molecular complexity index is 684. The summed E-state index contributed by atoms with van der Waals surface area (Å²) in [5.41, 5.74) is 1.12. The van der Waals surface area contributed by atoms with E-state index in [2.05, 4.69) is 31.1 Å². The molecule has 6 heteroatoms. The fourth-order valence-corrected chi connectivity index (χ4v) is 3.62. The number of rotatable bonds is 2. The van der Waals surface area contributed by atoms with Crippen molar-refractivity contribution in [1.82, 2.24) is 15.2 Å². The largest absolute Gasteiger partial charge is 0.461 e. The summed E-state index contributed by atoms with van der Waals surface area (Å²) in [6, 6.07) is 2.03. The molecule has 104 valence electrons. The zero-order chi connectivity index (χ0) is 13.7. The first-order valence-corrected chi connectivity index (χ1v) is 7.56. The van der Waals surface area contributed by atoms with E-state index in [1.54, 1.807) is 18.5 Å². The maximum absolute atomic E-state index is 12.3. The van der Waals surface area contributed by atoms with Crippen LogP contribution in [0.5, 0.6) is 0 Å². The summed E-state index contributed by atoms with van der Waals surface area (Å²) < 4.78 is 6.15. The lowest BCUT2D eigenvalue weighted by atomic mass is 10.00. The summed E-state index contributed by atoms with van der Waals surface area (Å²) in [6.07, 6.45) is 4.39. The van der Waals surface area contributed by atoms with Crippen LogP contribution in [0.3, 0.4) is 0 Å². The second kappa shape index (κ2) is 4.56. The van der Waals surface area contributed by atoms with Crippen molar-refractivity contribution in [2.45, 2.75) is 12.5 Å². The SMILES string of the molecule is O=C(NC1CN2CC[C@H]1C2)c1cc2c(Br)coc2cn1. The van der Waals surface area contributed by atoms with Crippen molar-refractivity contribution in [1.29, 1.82) is 0 Å². The molecule has 2 bridgehead atoms. The van der Waals surface area contributed by atoms with E-state index in [9.17, 15) is 4.79 Å². The number of nitrogens with one attached hydrogen (secondary N) is 1. The molecule has 2 saturated heterocycles. The van der Waals surface area contributed by atoms with Crippen molar-refractivity contribution in [2.24, 2.45) is 5.92 Å². The Morgan fingerprint density at radius 3 is 3.15 bits per heavy atom. The Kier molecular flexibility index (Phi) is 2.82. The van der Waals surface area contributed by atoms with E-state index in [0.717, 1.165) is 22.9 Å². The third-order valence-corrected chi connectivity index (χ3v) is 4.91. The lowest BCUT2D eigenvalue weighted by Crippen LogP contribution is -2.43. The molecular weight excluding hydrogens is 322 g/mol. The van der Waals surface area contributed by atoms with Gasteiger partial charge in [0.2, 0.25) is 0 Å². The molecule has 2 aromatic rings. The highest BCUT2D eigenvalue weighted by Gasteiger charge is 2.38. The average Bonchev–Trinajstić information content (AvgIpc) is 3.15. The van der Waals surface area contributed by atoms with Gasteiger partial charge in [-0.15, -0.1) is 0 Å². The second-order valence-electron chi connectivity index (χ2n) is 5.54. The number of nitrogens with zero attached hydrogens (tertiary/aromatic N) is 2. The highest BCUT2D eigenvalue weighted by Crippen LogP contribution is 2.28. The van der Waals surface area contributed by atoms with Gasteiger partial charge in [0.1, 0.15) is 12.0 Å². The third kappa shape index (κ3) is 1.94. The van der Waals surface area contributed by atoms with Gasteiger partial charge in [-0.25, -0.2) is 4.98 Å². The van der Waals surface area contributed by atoms with Crippen molar-refractivity contribution in [3.63, 3.8) is 0 Å². The Hall–Kier alpha value is -1.40. The smallest absolute Gasteiger partial charge is 0.270 e.